The quantitative estimate of drug-likeness (QED) is 0.347. The number of nitrogens with zero attached hydrogens (tertiary/aromatic N) is 2. The molecular weight excluding hydrogens is 408 g/mol. The molecular formula is C21H22N2O4S2. The topological polar surface area (TPSA) is 70.4 Å². The maximum Gasteiger partial charge on any atom is 0.316 e. The predicted octanol–water partition coefficient (Wildman–Crippen LogP) is 3.95. The Hall–Kier alpha value is -2.16. The number of esters is 1. The average Bonchev–Trinajstić information content (AvgIpc) is 3.10. The van der Waals surface area contributed by atoms with Crippen molar-refractivity contribution in [1.82, 2.24) is 9.55 Å². The van der Waals surface area contributed by atoms with Gasteiger partial charge < -0.3 is 9.47 Å². The fraction of sp³-hybridized carbons (Fsp3) is 0.381. The lowest BCUT2D eigenvalue weighted by Gasteiger charge is -2.32. The van der Waals surface area contributed by atoms with Gasteiger partial charge in [-0.3, -0.25) is 14.2 Å². The molecule has 1 aliphatic rings. The summed E-state index contributed by atoms with van der Waals surface area (Å²) in [5.41, 5.74) is 1.40. The van der Waals surface area contributed by atoms with Gasteiger partial charge in [0.2, 0.25) is 0 Å². The number of fused-ring (bicyclic) bond motifs is 3. The van der Waals surface area contributed by atoms with E-state index in [1.807, 2.05) is 30.3 Å². The standard InChI is InChI=1S/C21H22N2O4S2/c1-4-21(2)10-14-15(11-27-21)29-18-17(14)19(25)23(13-8-6-5-7-9-13)20(22-18)28-12-16(24)26-3/h5-9H,4,10-12H2,1-3H3/t21-/m0/s1. The van der Waals surface area contributed by atoms with Gasteiger partial charge in [-0.1, -0.05) is 36.9 Å². The first-order valence-corrected chi connectivity index (χ1v) is 11.2. The molecule has 2 aromatic heterocycles. The van der Waals surface area contributed by atoms with Gasteiger partial charge in [-0.25, -0.2) is 4.98 Å². The Kier molecular flexibility index (Phi) is 5.50. The second-order valence-corrected chi connectivity index (χ2v) is 9.21. The average molecular weight is 431 g/mol. The molecule has 0 aliphatic carbocycles. The van der Waals surface area contributed by atoms with Gasteiger partial charge in [0.1, 0.15) is 4.83 Å². The molecule has 0 N–H and O–H groups in total. The van der Waals surface area contributed by atoms with E-state index >= 15 is 0 Å². The summed E-state index contributed by atoms with van der Waals surface area (Å²) in [6, 6.07) is 9.40. The first-order chi connectivity index (χ1) is 14.0. The van der Waals surface area contributed by atoms with Crippen molar-refractivity contribution in [2.45, 2.75) is 44.1 Å². The second kappa shape index (κ2) is 7.93. The number of aromatic nitrogens is 2. The van der Waals surface area contributed by atoms with Gasteiger partial charge >= 0.3 is 5.97 Å². The molecule has 0 bridgehead atoms. The summed E-state index contributed by atoms with van der Waals surface area (Å²) in [7, 11) is 1.35. The highest BCUT2D eigenvalue weighted by Gasteiger charge is 2.33. The van der Waals surface area contributed by atoms with Crippen LogP contribution >= 0.6 is 23.1 Å². The molecule has 29 heavy (non-hydrogen) atoms. The van der Waals surface area contributed by atoms with Crippen molar-refractivity contribution in [3.05, 3.63) is 51.1 Å². The summed E-state index contributed by atoms with van der Waals surface area (Å²) in [5.74, 6) is -0.273. The van der Waals surface area contributed by atoms with Crippen LogP contribution in [-0.2, 0) is 27.3 Å². The van der Waals surface area contributed by atoms with Crippen LogP contribution in [0.5, 0.6) is 0 Å². The van der Waals surface area contributed by atoms with Crippen LogP contribution in [0.3, 0.4) is 0 Å². The Morgan fingerprint density at radius 2 is 2.14 bits per heavy atom. The van der Waals surface area contributed by atoms with Gasteiger partial charge in [0, 0.05) is 11.3 Å². The third-order valence-electron chi connectivity index (χ3n) is 5.29. The predicted molar refractivity (Wildman–Crippen MR) is 115 cm³/mol. The number of carbonyl (C=O) groups is 1. The first-order valence-electron chi connectivity index (χ1n) is 9.42. The van der Waals surface area contributed by atoms with E-state index in [9.17, 15) is 9.59 Å². The molecule has 0 amide bonds. The minimum absolute atomic E-state index is 0.0867. The molecule has 0 saturated carbocycles. The van der Waals surface area contributed by atoms with E-state index in [1.54, 1.807) is 4.57 Å². The van der Waals surface area contributed by atoms with E-state index in [0.717, 1.165) is 22.5 Å². The molecule has 6 nitrogen and oxygen atoms in total. The summed E-state index contributed by atoms with van der Waals surface area (Å²) in [4.78, 5) is 31.9. The highest BCUT2D eigenvalue weighted by atomic mass is 32.2. The van der Waals surface area contributed by atoms with Crippen molar-refractivity contribution >= 4 is 39.3 Å². The number of hydrogen-bond donors (Lipinski definition) is 0. The molecule has 1 aromatic carbocycles. The zero-order valence-electron chi connectivity index (χ0n) is 16.6. The highest BCUT2D eigenvalue weighted by molar-refractivity contribution is 7.99. The van der Waals surface area contributed by atoms with Crippen LogP contribution in [-0.4, -0.2) is 34.0 Å². The Balaban J connectivity index is 1.92. The number of thiophene rings is 1. The van der Waals surface area contributed by atoms with E-state index in [0.29, 0.717) is 28.4 Å². The number of methoxy groups -OCH3 is 1. The molecule has 3 heterocycles. The number of thioether (sulfide) groups is 1. The Bertz CT molecular complexity index is 1120. The van der Waals surface area contributed by atoms with Gasteiger partial charge in [0.15, 0.2) is 5.16 Å². The van der Waals surface area contributed by atoms with E-state index in [4.69, 9.17) is 14.5 Å². The number of para-hydroxylation sites is 1. The van der Waals surface area contributed by atoms with Crippen molar-refractivity contribution in [2.24, 2.45) is 0 Å². The molecule has 1 aliphatic heterocycles. The van der Waals surface area contributed by atoms with E-state index in [-0.39, 0.29) is 22.9 Å². The molecule has 0 fully saturated rings. The number of benzene rings is 1. The molecule has 4 rings (SSSR count). The fourth-order valence-corrected chi connectivity index (χ4v) is 5.40. The summed E-state index contributed by atoms with van der Waals surface area (Å²) in [6.45, 7) is 4.68. The smallest absolute Gasteiger partial charge is 0.316 e. The zero-order chi connectivity index (χ0) is 20.6. The minimum Gasteiger partial charge on any atom is -0.468 e. The van der Waals surface area contributed by atoms with E-state index in [2.05, 4.69) is 13.8 Å². The monoisotopic (exact) mass is 430 g/mol. The molecule has 1 atom stereocenters. The van der Waals surface area contributed by atoms with Crippen molar-refractivity contribution < 1.29 is 14.3 Å². The Morgan fingerprint density at radius 3 is 2.83 bits per heavy atom. The second-order valence-electron chi connectivity index (χ2n) is 7.19. The van der Waals surface area contributed by atoms with Crippen molar-refractivity contribution in [2.75, 3.05) is 12.9 Å². The SMILES string of the molecule is CC[C@@]1(C)Cc2c(sc3nc(SCC(=O)OC)n(-c4ccccc4)c(=O)c23)CO1. The summed E-state index contributed by atoms with van der Waals surface area (Å²) in [5, 5.41) is 1.15. The van der Waals surface area contributed by atoms with Gasteiger partial charge in [-0.15, -0.1) is 11.3 Å². The van der Waals surface area contributed by atoms with Crippen molar-refractivity contribution in [3.63, 3.8) is 0 Å². The molecule has 0 unspecified atom stereocenters. The van der Waals surface area contributed by atoms with Crippen molar-refractivity contribution in [3.8, 4) is 5.69 Å². The Labute approximate surface area is 176 Å². The van der Waals surface area contributed by atoms with Crippen LogP contribution in [0, 0.1) is 0 Å². The summed E-state index contributed by atoms with van der Waals surface area (Å²) >= 11 is 2.71. The zero-order valence-corrected chi connectivity index (χ0v) is 18.2. The molecule has 3 aromatic rings. The molecule has 0 spiro atoms. The van der Waals surface area contributed by atoms with Gasteiger partial charge in [-0.2, -0.15) is 0 Å². The minimum atomic E-state index is -0.360. The summed E-state index contributed by atoms with van der Waals surface area (Å²) in [6.07, 6.45) is 1.57. The van der Waals surface area contributed by atoms with E-state index < -0.39 is 0 Å². The van der Waals surface area contributed by atoms with Crippen molar-refractivity contribution in [1.29, 1.82) is 0 Å². The molecule has 8 heteroatoms. The maximum absolute atomic E-state index is 13.7. The van der Waals surface area contributed by atoms with Crippen LogP contribution in [0.15, 0.2) is 40.3 Å². The number of rotatable bonds is 5. The van der Waals surface area contributed by atoms with Crippen LogP contribution in [0.2, 0.25) is 0 Å². The highest BCUT2D eigenvalue weighted by Crippen LogP contribution is 2.39. The normalized spacial score (nSPS) is 18.6. The third kappa shape index (κ3) is 3.72. The lowest BCUT2D eigenvalue weighted by molar-refractivity contribution is -0.137. The number of carbonyl (C=O) groups excluding carboxylic acids is 1. The van der Waals surface area contributed by atoms with Gasteiger partial charge in [0.25, 0.3) is 5.56 Å². The lowest BCUT2D eigenvalue weighted by Crippen LogP contribution is -2.34. The number of ether oxygens (including phenoxy) is 2. The van der Waals surface area contributed by atoms with Crippen LogP contribution in [0.4, 0.5) is 0 Å². The van der Waals surface area contributed by atoms with Gasteiger partial charge in [-0.05, 0) is 31.0 Å². The third-order valence-corrected chi connectivity index (χ3v) is 7.30. The summed E-state index contributed by atoms with van der Waals surface area (Å²) < 4.78 is 12.4. The molecule has 0 saturated heterocycles. The maximum atomic E-state index is 13.7. The number of hydrogen-bond acceptors (Lipinski definition) is 7. The van der Waals surface area contributed by atoms with E-state index in [1.165, 1.54) is 30.2 Å². The van der Waals surface area contributed by atoms with Crippen LogP contribution in [0.25, 0.3) is 15.9 Å². The van der Waals surface area contributed by atoms with Gasteiger partial charge in [0.05, 0.1) is 36.1 Å². The Morgan fingerprint density at radius 1 is 1.38 bits per heavy atom. The van der Waals surface area contributed by atoms with Crippen LogP contribution in [0.1, 0.15) is 30.7 Å². The largest absolute Gasteiger partial charge is 0.468 e. The lowest BCUT2D eigenvalue weighted by atomic mass is 9.90. The van der Waals surface area contributed by atoms with Crippen LogP contribution < -0.4 is 5.56 Å². The fourth-order valence-electron chi connectivity index (χ4n) is 3.41. The molecule has 0 radical (unpaired) electrons. The molecule has 152 valence electrons. The first kappa shape index (κ1) is 20.1.